The van der Waals surface area contributed by atoms with Crippen LogP contribution in [-0.2, 0) is 62.3 Å². The van der Waals surface area contributed by atoms with Gasteiger partial charge in [0.05, 0.1) is 47.8 Å². The van der Waals surface area contributed by atoms with Gasteiger partial charge < -0.3 is 19.5 Å². The lowest BCUT2D eigenvalue weighted by Crippen LogP contribution is -2.65. The van der Waals surface area contributed by atoms with Gasteiger partial charge in [-0.05, 0) is 161 Å². The van der Waals surface area contributed by atoms with E-state index in [1.807, 2.05) is 82.3 Å². The number of rotatable bonds is 20. The molecule has 0 aromatic heterocycles. The fourth-order valence-electron chi connectivity index (χ4n) is 16.9. The van der Waals surface area contributed by atoms with Crippen molar-refractivity contribution in [1.29, 1.82) is 0 Å². The highest BCUT2D eigenvalue weighted by molar-refractivity contribution is 6.26. The smallest absolute Gasteiger partial charge is 0.342 e. The highest BCUT2D eigenvalue weighted by Crippen LogP contribution is 2.55. The zero-order valence-electron chi connectivity index (χ0n) is 58.4. The number of piperidine rings is 5. The number of nitrogens with one attached hydrogen (secondary N) is 1. The Kier molecular flexibility index (Phi) is 19.6. The second-order valence-electron chi connectivity index (χ2n) is 29.2. The third-order valence-corrected chi connectivity index (χ3v) is 21.4. The maximum absolute atomic E-state index is 15.4. The van der Waals surface area contributed by atoms with Gasteiger partial charge in [0.15, 0.2) is 11.9 Å². The standard InChI is InChI=1S/C81H78N6O17/c1-45-31-53(38-57(32-45)102-69(92)30-26-46-17-11-8-12-18-46)84-66(89)42-59-61-40-63(71(59)78(84)99)76(97)86(75(61)96)55-34-51(33-54(37-55)85-67(90)41-58-60-39-62(70(58)77(85)98)74(95)83(6)73(60)94)72(93)82-52-43-80(2,3)87(81(4,5)44-52)104-65(79(100)103-56-27-23-47(24-28-56)25-29-68(91)101-7)36-50(48-19-13-9-14-20-48)35-64(88)49-21-15-10-16-22-49/h8-34,37-38,50,52,58-63,65,70-71H,35-36,39-44H2,1-7H3,(H,82,93)/b29-25+,30-26+. The first-order valence-corrected chi connectivity index (χ1v) is 34.8. The number of carbonyl (C=O) groups is 13. The van der Waals surface area contributed by atoms with E-state index in [0.717, 1.165) is 30.7 Å². The minimum atomic E-state index is -1.35. The van der Waals surface area contributed by atoms with Crippen molar-refractivity contribution in [3.05, 3.63) is 197 Å². The summed E-state index contributed by atoms with van der Waals surface area (Å²) in [5.41, 5.74) is 0.573. The fourth-order valence-corrected chi connectivity index (χ4v) is 16.9. The number of hydrogen-bond donors (Lipinski definition) is 1. The van der Waals surface area contributed by atoms with Gasteiger partial charge >= 0.3 is 17.9 Å². The summed E-state index contributed by atoms with van der Waals surface area (Å²) in [6.07, 6.45) is 3.90. The monoisotopic (exact) mass is 1410 g/mol. The molecule has 10 atom stereocenters. The highest BCUT2D eigenvalue weighted by atomic mass is 16.7. The second-order valence-corrected chi connectivity index (χ2v) is 29.2. The molecule has 23 heteroatoms. The molecule has 7 aliphatic rings. The van der Waals surface area contributed by atoms with Crippen LogP contribution >= 0.6 is 0 Å². The average molecular weight is 1410 g/mol. The van der Waals surface area contributed by atoms with Crippen molar-refractivity contribution in [2.75, 3.05) is 28.9 Å². The molecule has 5 saturated heterocycles. The molecule has 0 radical (unpaired) electrons. The molecule has 2 saturated carbocycles. The van der Waals surface area contributed by atoms with E-state index in [9.17, 15) is 38.4 Å². The van der Waals surface area contributed by atoms with Crippen LogP contribution in [0.1, 0.15) is 128 Å². The van der Waals surface area contributed by atoms with Crippen molar-refractivity contribution in [2.24, 2.45) is 47.3 Å². The first-order chi connectivity index (χ1) is 49.7. The highest BCUT2D eigenvalue weighted by Gasteiger charge is 2.64. The van der Waals surface area contributed by atoms with Crippen molar-refractivity contribution < 1.29 is 81.4 Å². The number of aryl methyl sites for hydroxylation is 1. The van der Waals surface area contributed by atoms with Crippen LogP contribution in [0.25, 0.3) is 12.2 Å². The number of Topliss-reactive ketones (excluding diaryl/α,β-unsaturated/α-hetero) is 1. The topological polar surface area (TPSA) is 287 Å². The van der Waals surface area contributed by atoms with E-state index in [0.29, 0.717) is 16.7 Å². The van der Waals surface area contributed by atoms with E-state index in [4.69, 9.17) is 19.0 Å². The zero-order chi connectivity index (χ0) is 73.8. The Balaban J connectivity index is 0.794. The number of methoxy groups -OCH3 is 1. The van der Waals surface area contributed by atoms with Gasteiger partial charge in [-0.25, -0.2) is 19.3 Å². The van der Waals surface area contributed by atoms with E-state index in [1.165, 1.54) is 50.6 Å². The summed E-state index contributed by atoms with van der Waals surface area (Å²) in [6, 6.07) is 41.3. The van der Waals surface area contributed by atoms with Crippen molar-refractivity contribution in [3.63, 3.8) is 0 Å². The lowest BCUT2D eigenvalue weighted by Gasteiger charge is -2.54. The van der Waals surface area contributed by atoms with Crippen molar-refractivity contribution in [1.82, 2.24) is 15.3 Å². The van der Waals surface area contributed by atoms with E-state index in [-0.39, 0.29) is 91.3 Å². The Bertz CT molecular complexity index is 4570. The summed E-state index contributed by atoms with van der Waals surface area (Å²) in [5, 5.41) is 4.86. The van der Waals surface area contributed by atoms with Crippen LogP contribution in [0.2, 0.25) is 0 Å². The second kappa shape index (κ2) is 28.6. The third-order valence-electron chi connectivity index (χ3n) is 21.4. The Morgan fingerprint density at radius 3 is 1.64 bits per heavy atom. The van der Waals surface area contributed by atoms with Crippen molar-refractivity contribution in [2.45, 2.75) is 115 Å². The minimum Gasteiger partial charge on any atom is -0.466 e. The number of likely N-dealkylation sites (tertiary alicyclic amines) is 1. The quantitative estimate of drug-likeness (QED) is 0.0244. The Labute approximate surface area is 600 Å². The molecule has 4 bridgehead atoms. The molecular formula is C81H78N6O17. The molecular weight excluding hydrogens is 1330 g/mol. The molecule has 10 unspecified atom stereocenters. The normalized spacial score (nSPS) is 24.2. The number of anilines is 3. The summed E-state index contributed by atoms with van der Waals surface area (Å²) in [5.74, 6) is -16.9. The molecule has 6 aromatic rings. The molecule has 5 heterocycles. The molecule has 6 aromatic carbocycles. The van der Waals surface area contributed by atoms with E-state index in [1.54, 1.807) is 96.9 Å². The van der Waals surface area contributed by atoms with Crippen LogP contribution in [0, 0.1) is 54.3 Å². The van der Waals surface area contributed by atoms with E-state index < -0.39 is 148 Å². The molecule has 534 valence electrons. The summed E-state index contributed by atoms with van der Waals surface area (Å²) < 4.78 is 16.4. The van der Waals surface area contributed by atoms with E-state index in [2.05, 4.69) is 5.32 Å². The molecule has 7 fully saturated rings. The maximum atomic E-state index is 15.4. The van der Waals surface area contributed by atoms with Gasteiger partial charge in [0.2, 0.25) is 47.3 Å². The van der Waals surface area contributed by atoms with Gasteiger partial charge in [-0.15, -0.1) is 0 Å². The third kappa shape index (κ3) is 14.0. The van der Waals surface area contributed by atoms with Crippen molar-refractivity contribution in [3.8, 4) is 11.5 Å². The number of amides is 9. The zero-order valence-corrected chi connectivity index (χ0v) is 58.4. The van der Waals surface area contributed by atoms with Crippen LogP contribution in [0.3, 0.4) is 0 Å². The molecule has 9 amide bonds. The van der Waals surface area contributed by atoms with Gasteiger partial charge in [-0.3, -0.25) is 67.5 Å². The largest absolute Gasteiger partial charge is 0.466 e. The van der Waals surface area contributed by atoms with Gasteiger partial charge in [0, 0.05) is 84.6 Å². The summed E-state index contributed by atoms with van der Waals surface area (Å²) in [7, 11) is 2.60. The van der Waals surface area contributed by atoms with E-state index >= 15 is 24.0 Å². The number of nitrogens with zero attached hydrogens (tertiary/aromatic N) is 5. The molecule has 2 aliphatic carbocycles. The Hall–Kier alpha value is -11.2. The Morgan fingerprint density at radius 1 is 0.538 bits per heavy atom. The van der Waals surface area contributed by atoms with Gasteiger partial charge in [-0.2, -0.15) is 5.06 Å². The van der Waals surface area contributed by atoms with Crippen LogP contribution in [-0.4, -0.2) is 124 Å². The molecule has 5 aliphatic heterocycles. The first-order valence-electron chi connectivity index (χ1n) is 34.8. The molecule has 0 spiro atoms. The number of ether oxygens (including phenoxy) is 3. The number of ketones is 1. The number of hydroxylamine groups is 2. The van der Waals surface area contributed by atoms with Crippen LogP contribution in [0.15, 0.2) is 164 Å². The molecule has 23 nitrogen and oxygen atoms in total. The van der Waals surface area contributed by atoms with Gasteiger partial charge in [0.1, 0.15) is 11.5 Å². The average Bonchev–Trinajstić information content (AvgIpc) is 1.56. The molecule has 13 rings (SSSR count). The van der Waals surface area contributed by atoms with Crippen LogP contribution in [0.4, 0.5) is 17.1 Å². The number of benzene rings is 6. The fraction of sp³-hybridized carbons (Fsp3) is 0.346. The lowest BCUT2D eigenvalue weighted by atomic mass is 9.78. The summed E-state index contributed by atoms with van der Waals surface area (Å²) in [4.78, 5) is 197. The van der Waals surface area contributed by atoms with Crippen LogP contribution < -0.4 is 29.5 Å². The van der Waals surface area contributed by atoms with Crippen molar-refractivity contribution >= 4 is 106 Å². The van der Waals surface area contributed by atoms with Gasteiger partial charge in [0.25, 0.3) is 5.91 Å². The Morgan fingerprint density at radius 2 is 1.05 bits per heavy atom. The van der Waals surface area contributed by atoms with Crippen LogP contribution in [0.5, 0.6) is 11.5 Å². The lowest BCUT2D eigenvalue weighted by molar-refractivity contribution is -0.304. The maximum Gasteiger partial charge on any atom is 0.342 e. The number of esters is 3. The number of fused-ring (bicyclic) bond motifs is 10. The molecule has 104 heavy (non-hydrogen) atoms. The number of carbonyl (C=O) groups excluding carboxylic acids is 13. The summed E-state index contributed by atoms with van der Waals surface area (Å²) in [6.45, 7) is 9.18. The predicted octanol–water partition coefficient (Wildman–Crippen LogP) is 9.74. The molecule has 1 N–H and O–H groups in total. The van der Waals surface area contributed by atoms with Gasteiger partial charge in [-0.1, -0.05) is 103 Å². The minimum absolute atomic E-state index is 0.00103. The summed E-state index contributed by atoms with van der Waals surface area (Å²) >= 11 is 0. The number of hydrogen-bond acceptors (Lipinski definition) is 18. The first kappa shape index (κ1) is 71.2. The number of imide groups is 4. The predicted molar refractivity (Wildman–Crippen MR) is 378 cm³/mol. The SMILES string of the molecule is COC(=O)/C=C/c1ccc(OC(=O)C(CC(CC(=O)c2ccccc2)c2ccccc2)ON2C(C)(C)CC(NC(=O)c3cc(N4C(=O)C5CC(C4=O)C4C(=O)N(c6cc(C)cc(OC(=O)/C=C/c7ccccc7)c6)C(=O)CC54)cc(N4C(=O)CC5C6CC(C(=O)N(C)C6=O)C5C4=O)c3)CC2(C)C)cc1.